The molecule has 1 amide bonds. The molecule has 2 atom stereocenters. The van der Waals surface area contributed by atoms with Gasteiger partial charge in [0, 0.05) is 18.9 Å². The number of rotatable bonds is 5. The maximum Gasteiger partial charge on any atom is 0.228 e. The lowest BCUT2D eigenvalue weighted by atomic mass is 9.95. The van der Waals surface area contributed by atoms with Crippen molar-refractivity contribution in [2.75, 3.05) is 13.1 Å². The molecule has 108 valence electrons. The summed E-state index contributed by atoms with van der Waals surface area (Å²) < 4.78 is 4.98. The van der Waals surface area contributed by atoms with E-state index in [1.807, 2.05) is 0 Å². The Hall–Kier alpha value is -1.14. The van der Waals surface area contributed by atoms with Crippen molar-refractivity contribution < 1.29 is 9.32 Å². The summed E-state index contributed by atoms with van der Waals surface area (Å²) in [5.41, 5.74) is 5.67. The fraction of sp³-hybridized carbons (Fsp3) is 0.750. The minimum Gasteiger partial charge on any atom is -0.355 e. The summed E-state index contributed by atoms with van der Waals surface area (Å²) in [5.74, 6) is 1.72. The van der Waals surface area contributed by atoms with Crippen molar-refractivity contribution in [2.45, 2.75) is 32.6 Å². The lowest BCUT2D eigenvalue weighted by Gasteiger charge is -2.16. The molecule has 0 bridgehead atoms. The van der Waals surface area contributed by atoms with Crippen LogP contribution >= 0.6 is 12.4 Å². The van der Waals surface area contributed by atoms with Crippen LogP contribution in [0.4, 0.5) is 0 Å². The predicted molar refractivity (Wildman–Crippen MR) is 72.9 cm³/mol. The Labute approximate surface area is 118 Å². The van der Waals surface area contributed by atoms with Crippen LogP contribution in [-0.4, -0.2) is 29.1 Å². The van der Waals surface area contributed by atoms with Crippen LogP contribution in [0.2, 0.25) is 0 Å². The summed E-state index contributed by atoms with van der Waals surface area (Å²) in [6.07, 6.45) is 3.69. The van der Waals surface area contributed by atoms with Gasteiger partial charge in [-0.2, -0.15) is 4.98 Å². The van der Waals surface area contributed by atoms with Crippen LogP contribution in [-0.2, 0) is 11.2 Å². The molecule has 0 radical (unpaired) electrons. The molecule has 0 saturated heterocycles. The Morgan fingerprint density at radius 3 is 2.95 bits per heavy atom. The first-order chi connectivity index (χ1) is 8.70. The van der Waals surface area contributed by atoms with Crippen LogP contribution in [0.15, 0.2) is 4.52 Å². The molecule has 0 spiro atoms. The van der Waals surface area contributed by atoms with Crippen LogP contribution < -0.4 is 11.1 Å². The van der Waals surface area contributed by atoms with Crippen LogP contribution in [0, 0.1) is 18.8 Å². The molecule has 1 heterocycles. The topological polar surface area (TPSA) is 94.0 Å². The normalized spacial score (nSPS) is 22.0. The van der Waals surface area contributed by atoms with Crippen LogP contribution in [0.3, 0.4) is 0 Å². The Bertz CT molecular complexity index is 410. The molecule has 19 heavy (non-hydrogen) atoms. The van der Waals surface area contributed by atoms with E-state index in [0.29, 0.717) is 37.1 Å². The molecule has 1 aliphatic rings. The van der Waals surface area contributed by atoms with Crippen LogP contribution in [0.5, 0.6) is 0 Å². The third-order valence-electron chi connectivity index (χ3n) is 3.51. The van der Waals surface area contributed by atoms with Gasteiger partial charge >= 0.3 is 0 Å². The zero-order valence-corrected chi connectivity index (χ0v) is 11.9. The van der Waals surface area contributed by atoms with Gasteiger partial charge in [0.15, 0.2) is 5.82 Å². The molecule has 1 fully saturated rings. The van der Waals surface area contributed by atoms with Gasteiger partial charge in [-0.05, 0) is 32.2 Å². The SMILES string of the molecule is Cc1noc(CCNC(=O)[C@@H]2CCC[C@@H]2CN)n1.Cl. The van der Waals surface area contributed by atoms with Gasteiger partial charge in [0.1, 0.15) is 0 Å². The summed E-state index contributed by atoms with van der Waals surface area (Å²) in [5, 5.41) is 6.63. The van der Waals surface area contributed by atoms with Crippen molar-refractivity contribution in [3.05, 3.63) is 11.7 Å². The van der Waals surface area contributed by atoms with E-state index < -0.39 is 0 Å². The Balaban J connectivity index is 0.00000180. The van der Waals surface area contributed by atoms with Gasteiger partial charge in [-0.1, -0.05) is 11.6 Å². The van der Waals surface area contributed by atoms with Gasteiger partial charge < -0.3 is 15.6 Å². The van der Waals surface area contributed by atoms with Crippen molar-refractivity contribution in [3.8, 4) is 0 Å². The summed E-state index contributed by atoms with van der Waals surface area (Å²) >= 11 is 0. The number of amides is 1. The zero-order valence-electron chi connectivity index (χ0n) is 11.1. The number of carbonyl (C=O) groups is 1. The molecule has 6 nitrogen and oxygen atoms in total. The average molecular weight is 289 g/mol. The standard InChI is InChI=1S/C12H20N4O2.ClH/c1-8-15-11(18-16-8)5-6-14-12(17)10-4-2-3-9(10)7-13;/h9-10H,2-7,13H2,1H3,(H,14,17);1H/t9-,10-;/m1./s1. The van der Waals surface area contributed by atoms with Gasteiger partial charge in [-0.25, -0.2) is 0 Å². The Morgan fingerprint density at radius 1 is 1.53 bits per heavy atom. The van der Waals surface area contributed by atoms with E-state index in [0.717, 1.165) is 19.3 Å². The number of aryl methyl sites for hydroxylation is 1. The first-order valence-corrected chi connectivity index (χ1v) is 6.47. The number of aromatic nitrogens is 2. The largest absolute Gasteiger partial charge is 0.355 e. The fourth-order valence-corrected chi connectivity index (χ4v) is 2.53. The number of nitrogens with zero attached hydrogens (tertiary/aromatic N) is 2. The predicted octanol–water partition coefficient (Wildman–Crippen LogP) is 0.834. The monoisotopic (exact) mass is 288 g/mol. The molecular weight excluding hydrogens is 268 g/mol. The molecule has 0 aromatic carbocycles. The second kappa shape index (κ2) is 7.45. The quantitative estimate of drug-likeness (QED) is 0.837. The highest BCUT2D eigenvalue weighted by molar-refractivity contribution is 5.85. The number of hydrogen-bond acceptors (Lipinski definition) is 5. The van der Waals surface area contributed by atoms with E-state index in [2.05, 4.69) is 15.5 Å². The lowest BCUT2D eigenvalue weighted by Crippen LogP contribution is -2.36. The van der Waals surface area contributed by atoms with E-state index in [9.17, 15) is 4.79 Å². The zero-order chi connectivity index (χ0) is 13.0. The molecular formula is C12H21ClN4O2. The van der Waals surface area contributed by atoms with Crippen molar-refractivity contribution >= 4 is 18.3 Å². The maximum absolute atomic E-state index is 12.0. The third kappa shape index (κ3) is 4.18. The molecule has 0 unspecified atom stereocenters. The van der Waals surface area contributed by atoms with Gasteiger partial charge in [-0.3, -0.25) is 4.79 Å². The maximum atomic E-state index is 12.0. The molecule has 3 N–H and O–H groups in total. The van der Waals surface area contributed by atoms with Crippen molar-refractivity contribution in [1.29, 1.82) is 0 Å². The third-order valence-corrected chi connectivity index (χ3v) is 3.51. The summed E-state index contributed by atoms with van der Waals surface area (Å²) in [6, 6.07) is 0. The lowest BCUT2D eigenvalue weighted by molar-refractivity contribution is -0.125. The minimum absolute atomic E-state index is 0. The second-order valence-corrected chi connectivity index (χ2v) is 4.81. The minimum atomic E-state index is 0. The number of hydrogen-bond donors (Lipinski definition) is 2. The number of nitrogens with one attached hydrogen (secondary N) is 1. The van der Waals surface area contributed by atoms with Crippen molar-refractivity contribution in [2.24, 2.45) is 17.6 Å². The summed E-state index contributed by atoms with van der Waals surface area (Å²) in [4.78, 5) is 16.1. The molecule has 1 aromatic rings. The molecule has 1 aliphatic carbocycles. The average Bonchev–Trinajstić information content (AvgIpc) is 2.97. The van der Waals surface area contributed by atoms with E-state index in [1.165, 1.54) is 0 Å². The number of halogens is 1. The summed E-state index contributed by atoms with van der Waals surface area (Å²) in [6.45, 7) is 2.91. The highest BCUT2D eigenvalue weighted by atomic mass is 35.5. The van der Waals surface area contributed by atoms with E-state index >= 15 is 0 Å². The smallest absolute Gasteiger partial charge is 0.228 e. The molecule has 2 rings (SSSR count). The summed E-state index contributed by atoms with van der Waals surface area (Å²) in [7, 11) is 0. The first kappa shape index (κ1) is 15.9. The van der Waals surface area contributed by atoms with E-state index in [1.54, 1.807) is 6.92 Å². The first-order valence-electron chi connectivity index (χ1n) is 6.47. The molecule has 7 heteroatoms. The number of carbonyl (C=O) groups excluding carboxylic acids is 1. The highest BCUT2D eigenvalue weighted by Gasteiger charge is 2.31. The van der Waals surface area contributed by atoms with Gasteiger partial charge in [0.25, 0.3) is 0 Å². The Kier molecular flexibility index (Phi) is 6.24. The second-order valence-electron chi connectivity index (χ2n) is 4.81. The Morgan fingerprint density at radius 2 is 2.32 bits per heavy atom. The number of nitrogens with two attached hydrogens (primary N) is 1. The fourth-order valence-electron chi connectivity index (χ4n) is 2.53. The van der Waals surface area contributed by atoms with Crippen LogP contribution in [0.1, 0.15) is 31.0 Å². The van der Waals surface area contributed by atoms with Crippen LogP contribution in [0.25, 0.3) is 0 Å². The van der Waals surface area contributed by atoms with Gasteiger partial charge in [-0.15, -0.1) is 12.4 Å². The van der Waals surface area contributed by atoms with Gasteiger partial charge in [0.2, 0.25) is 11.8 Å². The molecule has 0 aliphatic heterocycles. The molecule has 1 saturated carbocycles. The van der Waals surface area contributed by atoms with E-state index in [4.69, 9.17) is 10.3 Å². The highest BCUT2D eigenvalue weighted by Crippen LogP contribution is 2.30. The van der Waals surface area contributed by atoms with Crippen molar-refractivity contribution in [3.63, 3.8) is 0 Å². The van der Waals surface area contributed by atoms with Gasteiger partial charge in [0.05, 0.1) is 0 Å². The van der Waals surface area contributed by atoms with E-state index in [-0.39, 0.29) is 24.2 Å². The van der Waals surface area contributed by atoms with Crippen molar-refractivity contribution in [1.82, 2.24) is 15.5 Å². The molecule has 1 aromatic heterocycles.